The molecule has 0 spiro atoms. The van der Waals surface area contributed by atoms with Crippen LogP contribution in [0.3, 0.4) is 0 Å². The van der Waals surface area contributed by atoms with Crippen molar-refractivity contribution in [1.29, 1.82) is 0 Å². The summed E-state index contributed by atoms with van der Waals surface area (Å²) in [6.07, 6.45) is 0.958. The zero-order valence-corrected chi connectivity index (χ0v) is 15.8. The second-order valence-electron chi connectivity index (χ2n) is 5.91. The van der Waals surface area contributed by atoms with Crippen LogP contribution in [0.1, 0.15) is 23.0 Å². The van der Waals surface area contributed by atoms with Crippen molar-refractivity contribution in [2.45, 2.75) is 13.3 Å². The van der Waals surface area contributed by atoms with E-state index in [2.05, 4.69) is 28.2 Å². The standard InChI is InChI=1S/C19H19N5O2S/c1-3-12-8-10-13(11-9-12)20-19(27)22-21-17(25)16-14-6-4-5-7-15(14)18(26)24(2)23-16/h4-11H,3H2,1-2H3,(H,21,25)(H2,20,22,27). The number of hydrazine groups is 1. The number of thiocarbonyl (C=S) groups is 1. The lowest BCUT2D eigenvalue weighted by molar-refractivity contribution is 0.0939. The van der Waals surface area contributed by atoms with E-state index in [0.717, 1.165) is 16.8 Å². The van der Waals surface area contributed by atoms with Gasteiger partial charge < -0.3 is 5.32 Å². The van der Waals surface area contributed by atoms with Gasteiger partial charge in [-0.05, 0) is 42.4 Å². The number of rotatable bonds is 3. The molecule has 3 aromatic rings. The zero-order chi connectivity index (χ0) is 19.4. The average Bonchev–Trinajstić information content (AvgIpc) is 2.69. The van der Waals surface area contributed by atoms with Crippen molar-refractivity contribution in [2.75, 3.05) is 5.32 Å². The summed E-state index contributed by atoms with van der Waals surface area (Å²) < 4.78 is 1.14. The van der Waals surface area contributed by atoms with Gasteiger partial charge in [-0.25, -0.2) is 4.68 Å². The minimum Gasteiger partial charge on any atom is -0.331 e. The van der Waals surface area contributed by atoms with Crippen molar-refractivity contribution >= 4 is 39.7 Å². The summed E-state index contributed by atoms with van der Waals surface area (Å²) in [5, 5.41) is 8.20. The van der Waals surface area contributed by atoms with Crippen LogP contribution in [0.5, 0.6) is 0 Å². The van der Waals surface area contributed by atoms with Gasteiger partial charge in [0.2, 0.25) is 0 Å². The maximum Gasteiger partial charge on any atom is 0.290 e. The number of amides is 1. The molecule has 2 aromatic carbocycles. The fourth-order valence-electron chi connectivity index (χ4n) is 2.63. The Morgan fingerprint density at radius 3 is 2.41 bits per heavy atom. The molecule has 3 rings (SSSR count). The fraction of sp³-hybridized carbons (Fsp3) is 0.158. The lowest BCUT2D eigenvalue weighted by Crippen LogP contribution is -2.44. The van der Waals surface area contributed by atoms with Crippen molar-refractivity contribution in [1.82, 2.24) is 20.6 Å². The van der Waals surface area contributed by atoms with E-state index in [1.807, 2.05) is 24.3 Å². The molecule has 0 aliphatic rings. The second kappa shape index (κ2) is 7.96. The Bertz CT molecular complexity index is 1060. The predicted octanol–water partition coefficient (Wildman–Crippen LogP) is 2.13. The van der Waals surface area contributed by atoms with Crippen molar-refractivity contribution in [3.05, 3.63) is 70.1 Å². The van der Waals surface area contributed by atoms with Crippen molar-refractivity contribution in [2.24, 2.45) is 7.05 Å². The highest BCUT2D eigenvalue weighted by molar-refractivity contribution is 7.80. The van der Waals surface area contributed by atoms with Gasteiger partial charge in [0.15, 0.2) is 10.8 Å². The van der Waals surface area contributed by atoms with Crippen molar-refractivity contribution in [3.8, 4) is 0 Å². The molecule has 7 nitrogen and oxygen atoms in total. The first kappa shape index (κ1) is 18.5. The van der Waals surface area contributed by atoms with Crippen LogP contribution in [0.2, 0.25) is 0 Å². The molecule has 0 radical (unpaired) electrons. The van der Waals surface area contributed by atoms with Gasteiger partial charge in [0.05, 0.1) is 5.39 Å². The van der Waals surface area contributed by atoms with E-state index in [1.54, 1.807) is 24.3 Å². The lowest BCUT2D eigenvalue weighted by Gasteiger charge is -2.13. The number of anilines is 1. The van der Waals surface area contributed by atoms with Gasteiger partial charge in [0, 0.05) is 18.1 Å². The molecule has 0 atom stereocenters. The summed E-state index contributed by atoms with van der Waals surface area (Å²) in [4.78, 5) is 24.7. The third-order valence-electron chi connectivity index (χ3n) is 4.08. The molecule has 0 aliphatic heterocycles. The Hall–Kier alpha value is -3.26. The zero-order valence-electron chi connectivity index (χ0n) is 14.9. The number of benzene rings is 2. The van der Waals surface area contributed by atoms with E-state index < -0.39 is 5.91 Å². The highest BCUT2D eigenvalue weighted by Crippen LogP contribution is 2.13. The second-order valence-corrected chi connectivity index (χ2v) is 6.31. The van der Waals surface area contributed by atoms with Crippen LogP contribution in [0.4, 0.5) is 5.69 Å². The van der Waals surface area contributed by atoms with E-state index in [0.29, 0.717) is 10.8 Å². The predicted molar refractivity (Wildman–Crippen MR) is 110 cm³/mol. The number of nitrogens with one attached hydrogen (secondary N) is 3. The Balaban J connectivity index is 1.70. The maximum absolute atomic E-state index is 12.5. The monoisotopic (exact) mass is 381 g/mol. The van der Waals surface area contributed by atoms with Crippen LogP contribution < -0.4 is 21.7 Å². The number of hydrogen-bond acceptors (Lipinski definition) is 4. The average molecular weight is 381 g/mol. The van der Waals surface area contributed by atoms with E-state index in [-0.39, 0.29) is 16.4 Å². The number of carbonyl (C=O) groups is 1. The molecule has 0 saturated heterocycles. The van der Waals surface area contributed by atoms with Gasteiger partial charge in [0.1, 0.15) is 0 Å². The van der Waals surface area contributed by atoms with E-state index in [4.69, 9.17) is 12.2 Å². The Morgan fingerprint density at radius 1 is 1.07 bits per heavy atom. The first-order valence-electron chi connectivity index (χ1n) is 8.42. The summed E-state index contributed by atoms with van der Waals surface area (Å²) in [7, 11) is 1.51. The van der Waals surface area contributed by atoms with E-state index in [9.17, 15) is 9.59 Å². The van der Waals surface area contributed by atoms with Gasteiger partial charge in [-0.15, -0.1) is 0 Å². The summed E-state index contributed by atoms with van der Waals surface area (Å²) in [6.45, 7) is 2.08. The van der Waals surface area contributed by atoms with Gasteiger partial charge in [-0.1, -0.05) is 37.3 Å². The number of nitrogens with zero attached hydrogens (tertiary/aromatic N) is 2. The van der Waals surface area contributed by atoms with Crippen LogP contribution >= 0.6 is 12.2 Å². The molecule has 1 heterocycles. The molecule has 0 unspecified atom stereocenters. The lowest BCUT2D eigenvalue weighted by atomic mass is 10.1. The minimum absolute atomic E-state index is 0.135. The van der Waals surface area contributed by atoms with Crippen molar-refractivity contribution < 1.29 is 4.79 Å². The smallest absolute Gasteiger partial charge is 0.290 e. The third kappa shape index (κ3) is 4.12. The van der Waals surface area contributed by atoms with Crippen LogP contribution in [0.15, 0.2) is 53.3 Å². The van der Waals surface area contributed by atoms with Crippen LogP contribution in [-0.2, 0) is 13.5 Å². The molecule has 0 fully saturated rings. The molecule has 138 valence electrons. The van der Waals surface area contributed by atoms with Gasteiger partial charge >= 0.3 is 0 Å². The van der Waals surface area contributed by atoms with Crippen LogP contribution in [0, 0.1) is 0 Å². The largest absolute Gasteiger partial charge is 0.331 e. The molecule has 3 N–H and O–H groups in total. The molecule has 0 aliphatic carbocycles. The van der Waals surface area contributed by atoms with E-state index in [1.165, 1.54) is 12.6 Å². The summed E-state index contributed by atoms with van der Waals surface area (Å²) in [6, 6.07) is 14.7. The van der Waals surface area contributed by atoms with Gasteiger partial charge in [-0.3, -0.25) is 20.4 Å². The van der Waals surface area contributed by atoms with Gasteiger partial charge in [-0.2, -0.15) is 5.10 Å². The highest BCUT2D eigenvalue weighted by Gasteiger charge is 2.15. The molecule has 0 bridgehead atoms. The number of aryl methyl sites for hydroxylation is 2. The summed E-state index contributed by atoms with van der Waals surface area (Å²) >= 11 is 5.20. The summed E-state index contributed by atoms with van der Waals surface area (Å²) in [5.41, 5.74) is 7.07. The number of aromatic nitrogens is 2. The molecule has 1 aromatic heterocycles. The first-order chi connectivity index (χ1) is 13.0. The molecule has 1 amide bonds. The summed E-state index contributed by atoms with van der Waals surface area (Å²) in [5.74, 6) is -0.493. The molecule has 0 saturated carbocycles. The third-order valence-corrected chi connectivity index (χ3v) is 4.29. The first-order valence-corrected chi connectivity index (χ1v) is 8.82. The number of hydrogen-bond donors (Lipinski definition) is 3. The molecular formula is C19H19N5O2S. The normalized spacial score (nSPS) is 10.4. The maximum atomic E-state index is 12.5. The van der Waals surface area contributed by atoms with Gasteiger partial charge in [0.25, 0.3) is 11.5 Å². The van der Waals surface area contributed by atoms with Crippen LogP contribution in [0.25, 0.3) is 10.8 Å². The van der Waals surface area contributed by atoms with Crippen LogP contribution in [-0.4, -0.2) is 20.8 Å². The number of fused-ring (bicyclic) bond motifs is 1. The Morgan fingerprint density at radius 2 is 1.74 bits per heavy atom. The molecular weight excluding hydrogens is 362 g/mol. The Kier molecular flexibility index (Phi) is 5.46. The molecule has 8 heteroatoms. The number of carbonyl (C=O) groups excluding carboxylic acids is 1. The topological polar surface area (TPSA) is 88.0 Å². The van der Waals surface area contributed by atoms with E-state index >= 15 is 0 Å². The van der Waals surface area contributed by atoms with Crippen molar-refractivity contribution in [3.63, 3.8) is 0 Å². The fourth-order valence-corrected chi connectivity index (χ4v) is 2.80. The molecule has 27 heavy (non-hydrogen) atoms. The SMILES string of the molecule is CCc1ccc(NC(=S)NNC(=O)c2nn(C)c(=O)c3ccccc23)cc1. The Labute approximate surface area is 161 Å². The highest BCUT2D eigenvalue weighted by atomic mass is 32.1. The minimum atomic E-state index is -0.493. The quantitative estimate of drug-likeness (QED) is 0.476.